The van der Waals surface area contributed by atoms with Crippen molar-refractivity contribution in [3.05, 3.63) is 144 Å². The summed E-state index contributed by atoms with van der Waals surface area (Å²) >= 11 is 0. The highest BCUT2D eigenvalue weighted by molar-refractivity contribution is 6.03. The highest BCUT2D eigenvalue weighted by atomic mass is 19.1. The number of rotatable bonds is 24. The van der Waals surface area contributed by atoms with Gasteiger partial charge in [0, 0.05) is 117 Å². The molecule has 20 rings (SSSR count). The largest absolute Gasteiger partial charge is 0.447 e. The molecule has 6 amide bonds. The summed E-state index contributed by atoms with van der Waals surface area (Å²) in [6.07, 6.45) is 11.6. The second-order valence-electron chi connectivity index (χ2n) is 29.9. The van der Waals surface area contributed by atoms with Gasteiger partial charge in [-0.1, -0.05) is 24.3 Å². The minimum atomic E-state index is -1.00. The molecule has 0 unspecified atom stereocenters. The number of pyridine rings is 4. The molecule has 626 valence electrons. The van der Waals surface area contributed by atoms with E-state index in [1.54, 1.807) is 89.8 Å². The smallest absolute Gasteiger partial charge is 0.415 e. The van der Waals surface area contributed by atoms with Crippen molar-refractivity contribution in [2.75, 3.05) is 136 Å². The summed E-state index contributed by atoms with van der Waals surface area (Å²) in [6, 6.07) is 28.4. The average Bonchev–Trinajstić information content (AvgIpc) is 1.64. The standard InChI is InChI=1S/C20H21FN8O2.C20H23FN8O.C20H24N8O.C19H19FN8O3/c1-22-17-9-15(25-14-4-2-5-16(26-14)28-7-3-6-18(28)30)27-19-11(10-23-29(17)19)20(31)24-13-8-12(13)21;1-22-18-10-16(25-15-5-4-6-17(26-15)28-7-2-3-8-28)27-19-12(11-23-29(18)19)20(30)24-14-9-13(14)21;1-21-18-11-16(24-15-5-4-6-17(25-15)27-9-2-3-10-27)26-19-14(12-22-28(18)19)20(29)23-13-7-8-13;1-21-16-8-14(24-13-3-2-4-15(25-13)27-5-6-31-19(27)30)26-17-10(9-22-28(16)17)18(29)23-12-7-11(12)20/h2,4-5,9-10,12-13,22H,3,6-8H2,1H3,(H,24,31)(H,25,26,27);4-6,10-11,13-14,22H,2-3,7-9H2,1H3,(H,24,30)(H,25,26,27);4-6,11-13,21H,2-3,7-10H2,1H3,(H,23,29)(H,24,25,26);2-4,8-9,11-12,21H,5-7H2,1H3,(H,23,29)(H,24,25,26)/t12-,13+;13-,14+;;11-,12+/m11.1/s1. The molecule has 4 saturated heterocycles. The van der Waals surface area contributed by atoms with Crippen LogP contribution in [0.3, 0.4) is 0 Å². The zero-order valence-corrected chi connectivity index (χ0v) is 66.3. The van der Waals surface area contributed by atoms with Crippen LogP contribution in [-0.4, -0.2) is 231 Å². The topological polar surface area (TPSA) is 441 Å². The first kappa shape index (κ1) is 79.0. The van der Waals surface area contributed by atoms with Crippen molar-refractivity contribution in [1.29, 1.82) is 0 Å². The molecule has 12 aromatic heterocycles. The zero-order valence-electron chi connectivity index (χ0n) is 66.3. The molecular formula is C79H87F3N32O7. The fraction of sp³-hybridized carbons (Fsp3) is 0.367. The van der Waals surface area contributed by atoms with Crippen LogP contribution in [0.5, 0.6) is 0 Å². The Labute approximate surface area is 688 Å². The molecule has 12 aromatic rings. The van der Waals surface area contributed by atoms with Gasteiger partial charge in [-0.2, -0.15) is 38.5 Å². The van der Waals surface area contributed by atoms with Gasteiger partial charge in [0.15, 0.2) is 22.6 Å². The SMILES string of the molecule is CNc1cc(Nc2cccc(N3CCCC3)n2)nc2c(C(=O)NC3CC3)cnn12.CNc1cc(Nc2cccc(N3CCCC3)n2)nc2c(C(=O)N[C@H]3C[C@H]3F)cnn12.CNc1cc(Nc2cccc(N3CCCC3=O)n2)nc2c(C(=O)N[C@H]3C[C@H]3F)cnn12.CNc1cc(Nc2cccc(N3CCOC3=O)n2)nc2c(C(=O)N[C@H]3C[C@H]3F)cnn12. The van der Waals surface area contributed by atoms with E-state index in [2.05, 4.69) is 124 Å². The third-order valence-corrected chi connectivity index (χ3v) is 21.1. The molecule has 4 saturated carbocycles. The number of nitrogens with zero attached hydrogens (tertiary/aromatic N) is 20. The fourth-order valence-corrected chi connectivity index (χ4v) is 14.2. The molecule has 0 bridgehead atoms. The number of hydrogen-bond donors (Lipinski definition) is 12. The van der Waals surface area contributed by atoms with Crippen LogP contribution in [0.25, 0.3) is 22.6 Å². The van der Waals surface area contributed by atoms with Gasteiger partial charge in [-0.25, -0.2) is 57.8 Å². The molecule has 8 aliphatic rings. The van der Waals surface area contributed by atoms with Gasteiger partial charge < -0.3 is 78.3 Å². The van der Waals surface area contributed by atoms with E-state index in [9.17, 15) is 41.9 Å². The van der Waals surface area contributed by atoms with Gasteiger partial charge in [-0.3, -0.25) is 33.8 Å². The van der Waals surface area contributed by atoms with Gasteiger partial charge in [0.1, 0.15) is 140 Å². The van der Waals surface area contributed by atoms with E-state index in [1.807, 2.05) is 55.6 Å². The molecule has 6 atom stereocenters. The van der Waals surface area contributed by atoms with Gasteiger partial charge in [0.05, 0.1) is 49.5 Å². The van der Waals surface area contributed by atoms with Crippen molar-refractivity contribution in [2.24, 2.45) is 0 Å². The van der Waals surface area contributed by atoms with Gasteiger partial charge >= 0.3 is 6.09 Å². The highest BCUT2D eigenvalue weighted by Gasteiger charge is 2.42. The van der Waals surface area contributed by atoms with E-state index in [-0.39, 0.29) is 34.9 Å². The minimum absolute atomic E-state index is 0.0581. The second-order valence-corrected chi connectivity index (χ2v) is 29.9. The first-order valence-electron chi connectivity index (χ1n) is 40.0. The number of carbonyl (C=O) groups excluding carboxylic acids is 6. The molecule has 16 heterocycles. The molecule has 4 aliphatic heterocycles. The van der Waals surface area contributed by atoms with Crippen LogP contribution in [-0.2, 0) is 9.53 Å². The van der Waals surface area contributed by atoms with Gasteiger partial charge in [0.25, 0.3) is 23.6 Å². The maximum absolute atomic E-state index is 13.2. The van der Waals surface area contributed by atoms with E-state index in [4.69, 9.17) is 14.7 Å². The lowest BCUT2D eigenvalue weighted by atomic mass is 10.3. The summed E-state index contributed by atoms with van der Waals surface area (Å²) in [4.78, 5) is 118. The normalized spacial score (nSPS) is 19.2. The molecule has 121 heavy (non-hydrogen) atoms. The van der Waals surface area contributed by atoms with E-state index in [0.29, 0.717) is 149 Å². The van der Waals surface area contributed by atoms with Crippen molar-refractivity contribution in [2.45, 2.75) is 113 Å². The van der Waals surface area contributed by atoms with Crippen molar-refractivity contribution in [3.8, 4) is 0 Å². The first-order chi connectivity index (χ1) is 58.9. The second kappa shape index (κ2) is 34.2. The molecule has 4 aliphatic carbocycles. The van der Waals surface area contributed by atoms with Gasteiger partial charge in [-0.15, -0.1) is 0 Å². The average molecular weight is 1650 g/mol. The Morgan fingerprint density at radius 1 is 0.380 bits per heavy atom. The Hall–Kier alpha value is -14.5. The summed E-state index contributed by atoms with van der Waals surface area (Å²) in [5.41, 5.74) is 2.78. The predicted molar refractivity (Wildman–Crippen MR) is 446 cm³/mol. The number of nitrogens with one attached hydrogen (secondary N) is 12. The van der Waals surface area contributed by atoms with Crippen molar-refractivity contribution >= 4 is 151 Å². The maximum Gasteiger partial charge on any atom is 0.415 e. The Balaban J connectivity index is 0.000000115. The lowest BCUT2D eigenvalue weighted by Crippen LogP contribution is -2.27. The van der Waals surface area contributed by atoms with Crippen molar-refractivity contribution in [1.82, 2.24) is 99.6 Å². The summed E-state index contributed by atoms with van der Waals surface area (Å²) in [5, 5.41) is 53.0. The maximum atomic E-state index is 13.2. The van der Waals surface area contributed by atoms with E-state index < -0.39 is 54.5 Å². The van der Waals surface area contributed by atoms with E-state index in [0.717, 1.165) is 68.7 Å². The molecule has 12 N–H and O–H groups in total. The van der Waals surface area contributed by atoms with E-state index in [1.165, 1.54) is 58.2 Å². The Morgan fingerprint density at radius 2 is 0.694 bits per heavy atom. The number of amides is 6. The van der Waals surface area contributed by atoms with Crippen LogP contribution in [0.2, 0.25) is 0 Å². The van der Waals surface area contributed by atoms with Crippen LogP contribution in [0.15, 0.2) is 122 Å². The first-order valence-corrected chi connectivity index (χ1v) is 40.0. The molecule has 0 aromatic carbocycles. The van der Waals surface area contributed by atoms with Crippen LogP contribution >= 0.6 is 0 Å². The molecule has 39 nitrogen and oxygen atoms in total. The summed E-state index contributed by atoms with van der Waals surface area (Å²) in [6.45, 7) is 5.51. The van der Waals surface area contributed by atoms with Gasteiger partial charge in [-0.05, 0) is 93.5 Å². The van der Waals surface area contributed by atoms with E-state index >= 15 is 0 Å². The van der Waals surface area contributed by atoms with Crippen LogP contribution < -0.4 is 83.4 Å². The summed E-state index contributed by atoms with van der Waals surface area (Å²) in [7, 11) is 7.03. The Bertz CT molecular complexity index is 5740. The number of anilines is 16. The monoisotopic (exact) mass is 1650 g/mol. The number of aromatic nitrogens is 16. The highest BCUT2D eigenvalue weighted by Crippen LogP contribution is 2.34. The molecule has 0 spiro atoms. The number of hydrogen-bond acceptors (Lipinski definition) is 29. The molecule has 0 radical (unpaired) electrons. The van der Waals surface area contributed by atoms with Crippen LogP contribution in [0.1, 0.15) is 112 Å². The number of cyclic esters (lactones) is 1. The summed E-state index contributed by atoms with van der Waals surface area (Å²) in [5.74, 6) is 8.57. The Morgan fingerprint density at radius 3 is 0.983 bits per heavy atom. The molecular weight excluding hydrogens is 1570 g/mol. The molecule has 42 heteroatoms. The zero-order chi connectivity index (χ0) is 83.5. The summed E-state index contributed by atoms with van der Waals surface area (Å²) < 4.78 is 50.7. The van der Waals surface area contributed by atoms with Crippen molar-refractivity contribution < 1.29 is 46.7 Å². The number of ether oxygens (including phenoxy) is 1. The molecule has 8 fully saturated rings. The van der Waals surface area contributed by atoms with Crippen LogP contribution in [0.4, 0.5) is 111 Å². The number of halogens is 3. The lowest BCUT2D eigenvalue weighted by Gasteiger charge is -2.17. The fourth-order valence-electron chi connectivity index (χ4n) is 14.2. The van der Waals surface area contributed by atoms with Gasteiger partial charge in [0.2, 0.25) is 5.91 Å². The third kappa shape index (κ3) is 17.7. The Kier molecular flexibility index (Phi) is 22.3. The quantitative estimate of drug-likeness (QED) is 0.0270. The third-order valence-electron chi connectivity index (χ3n) is 21.1. The predicted octanol–water partition coefficient (Wildman–Crippen LogP) is 8.34. The van der Waals surface area contributed by atoms with Crippen molar-refractivity contribution in [3.63, 3.8) is 0 Å². The lowest BCUT2D eigenvalue weighted by molar-refractivity contribution is -0.117. The number of carbonyl (C=O) groups is 6. The number of alkyl halides is 3. The van der Waals surface area contributed by atoms with Crippen LogP contribution in [0, 0.1) is 0 Å². The minimum Gasteiger partial charge on any atom is -0.447 e. The number of fused-ring (bicyclic) bond motifs is 4.